The minimum atomic E-state index is -1.07. The lowest BCUT2D eigenvalue weighted by Crippen LogP contribution is -2.06. The Labute approximate surface area is 257 Å². The van der Waals surface area contributed by atoms with Gasteiger partial charge in [0.15, 0.2) is 0 Å². The molecule has 0 bridgehead atoms. The van der Waals surface area contributed by atoms with E-state index >= 15 is 0 Å². The maximum atomic E-state index is 11.9. The zero-order valence-corrected chi connectivity index (χ0v) is 24.5. The second-order valence-electron chi connectivity index (χ2n) is 10.1. The van der Waals surface area contributed by atoms with Gasteiger partial charge in [0.2, 0.25) is 0 Å². The van der Waals surface area contributed by atoms with E-state index in [-0.39, 0.29) is 5.75 Å². The average molecular weight is 587 g/mol. The van der Waals surface area contributed by atoms with Crippen molar-refractivity contribution in [1.29, 1.82) is 0 Å². The van der Waals surface area contributed by atoms with E-state index in [4.69, 9.17) is 18.9 Å². The molecule has 0 aliphatic rings. The predicted molar refractivity (Wildman–Crippen MR) is 171 cm³/mol. The monoisotopic (exact) mass is 586 g/mol. The second-order valence-corrected chi connectivity index (χ2v) is 10.1. The van der Waals surface area contributed by atoms with Gasteiger partial charge in [-0.05, 0) is 41.0 Å². The summed E-state index contributed by atoms with van der Waals surface area (Å²) >= 11 is 0. The molecular formula is C38H34O6. The third-order valence-corrected chi connectivity index (χ3v) is 6.73. The molecule has 0 radical (unpaired) electrons. The van der Waals surface area contributed by atoms with Crippen molar-refractivity contribution in [2.24, 2.45) is 0 Å². The van der Waals surface area contributed by atoms with E-state index < -0.39 is 12.1 Å². The molecule has 6 heteroatoms. The van der Waals surface area contributed by atoms with E-state index in [2.05, 4.69) is 0 Å². The molecule has 0 aliphatic carbocycles. The van der Waals surface area contributed by atoms with Gasteiger partial charge in [0.25, 0.3) is 0 Å². The number of aliphatic hydroxyl groups excluding tert-OH is 1. The van der Waals surface area contributed by atoms with Gasteiger partial charge in [-0.2, -0.15) is 0 Å². The van der Waals surface area contributed by atoms with Crippen molar-refractivity contribution in [1.82, 2.24) is 0 Å². The van der Waals surface area contributed by atoms with Crippen molar-refractivity contribution in [3.05, 3.63) is 161 Å². The minimum absolute atomic E-state index is 0.227. The van der Waals surface area contributed by atoms with E-state index in [1.54, 1.807) is 30.4 Å². The highest BCUT2D eigenvalue weighted by Gasteiger charge is 2.15. The van der Waals surface area contributed by atoms with Crippen LogP contribution in [-0.4, -0.2) is 11.1 Å². The van der Waals surface area contributed by atoms with E-state index in [0.29, 0.717) is 42.6 Å². The van der Waals surface area contributed by atoms with Crippen LogP contribution in [0.2, 0.25) is 0 Å². The van der Waals surface area contributed by atoms with Crippen molar-refractivity contribution in [3.63, 3.8) is 0 Å². The first-order valence-electron chi connectivity index (χ1n) is 14.4. The number of hydrogen-bond acceptors (Lipinski definition) is 6. The van der Waals surface area contributed by atoms with Gasteiger partial charge in [-0.3, -0.25) is 4.79 Å². The molecule has 5 aromatic rings. The summed E-state index contributed by atoms with van der Waals surface area (Å²) in [6, 6.07) is 40.3. The summed E-state index contributed by atoms with van der Waals surface area (Å²) in [5, 5.41) is 11.2. The molecule has 44 heavy (non-hydrogen) atoms. The largest absolute Gasteiger partial charge is 0.489 e. The van der Waals surface area contributed by atoms with E-state index in [1.165, 1.54) is 6.92 Å². The van der Waals surface area contributed by atoms with Crippen molar-refractivity contribution >= 4 is 12.0 Å². The van der Waals surface area contributed by atoms with Gasteiger partial charge in [0.05, 0.1) is 0 Å². The molecule has 0 saturated carbocycles. The first-order chi connectivity index (χ1) is 21.5. The lowest BCUT2D eigenvalue weighted by atomic mass is 10.1. The third kappa shape index (κ3) is 8.84. The van der Waals surface area contributed by atoms with Crippen LogP contribution in [0.25, 0.3) is 6.08 Å². The molecule has 5 aromatic carbocycles. The van der Waals surface area contributed by atoms with Crippen molar-refractivity contribution in [2.45, 2.75) is 32.8 Å². The van der Waals surface area contributed by atoms with Crippen LogP contribution in [-0.2, 0) is 24.6 Å². The number of aliphatic hydroxyl groups is 1. The third-order valence-electron chi connectivity index (χ3n) is 6.73. The van der Waals surface area contributed by atoms with E-state index in [9.17, 15) is 9.90 Å². The summed E-state index contributed by atoms with van der Waals surface area (Å²) in [5.41, 5.74) is 4.28. The summed E-state index contributed by atoms with van der Waals surface area (Å²) in [6.45, 7) is 2.48. The molecule has 0 spiro atoms. The number of carbonyl (C=O) groups is 1. The zero-order valence-electron chi connectivity index (χ0n) is 24.5. The molecule has 0 saturated heterocycles. The topological polar surface area (TPSA) is 74.2 Å². The fraction of sp³-hybridized carbons (Fsp3) is 0.132. The Kier molecular flexibility index (Phi) is 10.4. The quantitative estimate of drug-likeness (QED) is 0.111. The Morgan fingerprint density at radius 2 is 1.11 bits per heavy atom. The maximum Gasteiger partial charge on any atom is 0.308 e. The number of ether oxygens (including phenoxy) is 4. The Bertz CT molecular complexity index is 1670. The van der Waals surface area contributed by atoms with E-state index in [0.717, 1.165) is 22.3 Å². The molecular weight excluding hydrogens is 552 g/mol. The van der Waals surface area contributed by atoms with Crippen LogP contribution >= 0.6 is 0 Å². The smallest absolute Gasteiger partial charge is 0.308 e. The predicted octanol–water partition coefficient (Wildman–Crippen LogP) is 8.10. The molecule has 0 amide bonds. The molecule has 0 fully saturated rings. The Hall–Kier alpha value is -5.33. The molecule has 0 heterocycles. The highest BCUT2D eigenvalue weighted by Crippen LogP contribution is 2.33. The number of hydrogen-bond donors (Lipinski definition) is 1. The van der Waals surface area contributed by atoms with E-state index in [1.807, 2.05) is 109 Å². The summed E-state index contributed by atoms with van der Waals surface area (Å²) < 4.78 is 23.6. The molecule has 6 nitrogen and oxygen atoms in total. The summed E-state index contributed by atoms with van der Waals surface area (Å²) in [6.07, 6.45) is 2.34. The number of rotatable bonds is 13. The highest BCUT2D eigenvalue weighted by atomic mass is 16.5. The highest BCUT2D eigenvalue weighted by molar-refractivity contribution is 5.70. The van der Waals surface area contributed by atoms with Gasteiger partial charge in [0, 0.05) is 30.2 Å². The van der Waals surface area contributed by atoms with Crippen molar-refractivity contribution < 1.29 is 28.8 Å². The summed E-state index contributed by atoms with van der Waals surface area (Å²) in [4.78, 5) is 11.9. The fourth-order valence-electron chi connectivity index (χ4n) is 4.47. The molecule has 0 aliphatic heterocycles. The summed E-state index contributed by atoms with van der Waals surface area (Å²) in [7, 11) is 0. The van der Waals surface area contributed by atoms with Gasteiger partial charge >= 0.3 is 5.97 Å². The van der Waals surface area contributed by atoms with Crippen molar-refractivity contribution in [2.75, 3.05) is 0 Å². The lowest BCUT2D eigenvalue weighted by molar-refractivity contribution is -0.131. The molecule has 1 atom stereocenters. The zero-order chi connectivity index (χ0) is 30.6. The first kappa shape index (κ1) is 30.1. The fourth-order valence-corrected chi connectivity index (χ4v) is 4.47. The van der Waals surface area contributed by atoms with Crippen LogP contribution < -0.4 is 18.9 Å². The van der Waals surface area contributed by atoms with Gasteiger partial charge in [-0.1, -0.05) is 103 Å². The van der Waals surface area contributed by atoms with Gasteiger partial charge < -0.3 is 24.1 Å². The number of esters is 1. The second kappa shape index (κ2) is 15.2. The van der Waals surface area contributed by atoms with Gasteiger partial charge in [-0.15, -0.1) is 0 Å². The van der Waals surface area contributed by atoms with Crippen molar-refractivity contribution in [3.8, 4) is 23.0 Å². The molecule has 5 rings (SSSR count). The Morgan fingerprint density at radius 1 is 0.636 bits per heavy atom. The lowest BCUT2D eigenvalue weighted by Gasteiger charge is -2.15. The van der Waals surface area contributed by atoms with Crippen LogP contribution in [0.5, 0.6) is 23.0 Å². The normalized spacial score (nSPS) is 11.6. The van der Waals surface area contributed by atoms with Gasteiger partial charge in [0.1, 0.15) is 48.9 Å². The summed E-state index contributed by atoms with van der Waals surface area (Å²) in [5.74, 6) is 1.52. The van der Waals surface area contributed by atoms with Crippen LogP contribution in [0.4, 0.5) is 0 Å². The molecule has 222 valence electrons. The maximum absolute atomic E-state index is 11.9. The molecule has 1 N–H and O–H groups in total. The standard InChI is InChI=1S/C38H34O6/c1-28(39)44-38-24-34(42-26-30-13-7-3-8-14-30)20-21-35(38)36(40)22-18-32-17-19-33(41-25-29-11-5-2-6-12-29)23-37(32)43-27-31-15-9-4-10-16-31/h2-24,36,40H,25-27H2,1H3. The first-order valence-corrected chi connectivity index (χ1v) is 14.4. The van der Waals surface area contributed by atoms with Crippen LogP contribution in [0.3, 0.4) is 0 Å². The molecule has 1 unspecified atom stereocenters. The van der Waals surface area contributed by atoms with Crippen LogP contribution in [0.1, 0.15) is 40.8 Å². The van der Waals surface area contributed by atoms with Crippen LogP contribution in [0.15, 0.2) is 133 Å². The Morgan fingerprint density at radius 3 is 1.64 bits per heavy atom. The van der Waals surface area contributed by atoms with Gasteiger partial charge in [-0.25, -0.2) is 0 Å². The minimum Gasteiger partial charge on any atom is -0.489 e. The molecule has 0 aromatic heterocycles. The number of benzene rings is 5. The average Bonchev–Trinajstić information content (AvgIpc) is 3.06. The number of carbonyl (C=O) groups excluding carboxylic acids is 1. The van der Waals surface area contributed by atoms with Crippen LogP contribution in [0, 0.1) is 0 Å². The SMILES string of the molecule is CC(=O)Oc1cc(OCc2ccccc2)ccc1C(O)C=Cc1ccc(OCc2ccccc2)cc1OCc1ccccc1. The Balaban J connectivity index is 1.34.